The van der Waals surface area contributed by atoms with Gasteiger partial charge in [-0.3, -0.25) is 9.59 Å². The standard InChI is InChI=1S/C34H43N3O6/c1-21(38)18-28(34(41)36-14-12-24(39)13-15-36)35-33(40)23-8-10-26-29(19-23)37-16-17-43-30-20-25(42-2)9-11-27(30)32(37)31(26)22-6-4-3-5-7-22/h8-11,19-22,24,28,38-39H,3-7,12-18H2,1-2H3,(H,35,40). The van der Waals surface area contributed by atoms with Gasteiger partial charge < -0.3 is 34.5 Å². The molecule has 1 saturated heterocycles. The molecule has 0 bridgehead atoms. The van der Waals surface area contributed by atoms with Gasteiger partial charge >= 0.3 is 0 Å². The van der Waals surface area contributed by atoms with Crippen LogP contribution in [-0.2, 0) is 11.3 Å². The number of rotatable bonds is 7. The summed E-state index contributed by atoms with van der Waals surface area (Å²) in [4.78, 5) is 28.7. The maximum absolute atomic E-state index is 13.7. The van der Waals surface area contributed by atoms with Gasteiger partial charge in [-0.05, 0) is 68.4 Å². The third kappa shape index (κ3) is 5.97. The fourth-order valence-electron chi connectivity index (χ4n) is 7.15. The van der Waals surface area contributed by atoms with Crippen LogP contribution in [0.15, 0.2) is 36.4 Å². The number of aromatic nitrogens is 1. The van der Waals surface area contributed by atoms with E-state index in [2.05, 4.69) is 22.0 Å². The number of carbonyl (C=O) groups excluding carboxylic acids is 2. The van der Waals surface area contributed by atoms with Gasteiger partial charge in [0.05, 0.1) is 31.6 Å². The van der Waals surface area contributed by atoms with Crippen molar-refractivity contribution < 1.29 is 29.3 Å². The highest BCUT2D eigenvalue weighted by Gasteiger charge is 2.32. The molecule has 1 saturated carbocycles. The minimum atomic E-state index is -0.851. The first-order chi connectivity index (χ1) is 20.8. The summed E-state index contributed by atoms with van der Waals surface area (Å²) in [6.45, 7) is 3.63. The molecule has 43 heavy (non-hydrogen) atoms. The van der Waals surface area contributed by atoms with Gasteiger partial charge in [0, 0.05) is 47.6 Å². The molecule has 9 nitrogen and oxygen atoms in total. The second kappa shape index (κ2) is 12.6. The molecule has 6 rings (SSSR count). The Kier molecular flexibility index (Phi) is 8.63. The lowest BCUT2D eigenvalue weighted by Crippen LogP contribution is -2.52. The summed E-state index contributed by atoms with van der Waals surface area (Å²) >= 11 is 0. The van der Waals surface area contributed by atoms with Gasteiger partial charge in [0.25, 0.3) is 5.91 Å². The molecule has 2 aromatic carbocycles. The van der Waals surface area contributed by atoms with Crippen LogP contribution in [-0.4, -0.2) is 76.6 Å². The number of ether oxygens (including phenoxy) is 2. The Morgan fingerprint density at radius 3 is 2.53 bits per heavy atom. The van der Waals surface area contributed by atoms with E-state index in [9.17, 15) is 19.8 Å². The van der Waals surface area contributed by atoms with E-state index >= 15 is 0 Å². The van der Waals surface area contributed by atoms with E-state index in [0.717, 1.165) is 46.5 Å². The molecule has 230 valence electrons. The molecular formula is C34H43N3O6. The first-order valence-corrected chi connectivity index (χ1v) is 15.8. The first kappa shape index (κ1) is 29.5. The molecule has 1 aliphatic carbocycles. The molecule has 3 heterocycles. The summed E-state index contributed by atoms with van der Waals surface area (Å²) < 4.78 is 14.0. The van der Waals surface area contributed by atoms with E-state index in [1.165, 1.54) is 24.8 Å². The minimum Gasteiger partial charge on any atom is -0.497 e. The zero-order valence-electron chi connectivity index (χ0n) is 25.2. The van der Waals surface area contributed by atoms with Crippen LogP contribution < -0.4 is 14.8 Å². The largest absolute Gasteiger partial charge is 0.497 e. The van der Waals surface area contributed by atoms with Crippen molar-refractivity contribution in [2.24, 2.45) is 0 Å². The Hall–Kier alpha value is -3.56. The number of hydrogen-bond acceptors (Lipinski definition) is 6. The number of likely N-dealkylation sites (tertiary alicyclic amines) is 1. The highest BCUT2D eigenvalue weighted by atomic mass is 16.5. The van der Waals surface area contributed by atoms with E-state index in [-0.39, 0.29) is 18.2 Å². The predicted molar refractivity (Wildman–Crippen MR) is 165 cm³/mol. The summed E-state index contributed by atoms with van der Waals surface area (Å²) in [5.74, 6) is 1.42. The Morgan fingerprint density at radius 2 is 1.81 bits per heavy atom. The average molecular weight is 590 g/mol. The fourth-order valence-corrected chi connectivity index (χ4v) is 7.15. The Bertz CT molecular complexity index is 1480. The van der Waals surface area contributed by atoms with Gasteiger partial charge in [-0.1, -0.05) is 25.3 Å². The second-order valence-corrected chi connectivity index (χ2v) is 12.4. The van der Waals surface area contributed by atoms with E-state index in [1.54, 1.807) is 18.9 Å². The summed E-state index contributed by atoms with van der Waals surface area (Å²) in [5, 5.41) is 24.1. The van der Waals surface area contributed by atoms with Gasteiger partial charge in [0.1, 0.15) is 24.1 Å². The number of aliphatic hydroxyl groups is 2. The van der Waals surface area contributed by atoms with Gasteiger partial charge in [-0.25, -0.2) is 0 Å². The highest BCUT2D eigenvalue weighted by molar-refractivity contribution is 6.02. The molecular weight excluding hydrogens is 546 g/mol. The number of fused-ring (bicyclic) bond motifs is 5. The minimum absolute atomic E-state index is 0.121. The molecule has 3 aromatic rings. The van der Waals surface area contributed by atoms with Crippen molar-refractivity contribution in [3.8, 4) is 22.8 Å². The van der Waals surface area contributed by atoms with Crippen molar-refractivity contribution in [3.05, 3.63) is 47.5 Å². The third-order valence-electron chi connectivity index (χ3n) is 9.35. The lowest BCUT2D eigenvalue weighted by atomic mass is 9.81. The van der Waals surface area contributed by atoms with Crippen LogP contribution in [0, 0.1) is 0 Å². The van der Waals surface area contributed by atoms with Gasteiger partial charge in [-0.2, -0.15) is 0 Å². The van der Waals surface area contributed by atoms with Crippen LogP contribution in [0.5, 0.6) is 11.5 Å². The monoisotopic (exact) mass is 589 g/mol. The first-order valence-electron chi connectivity index (χ1n) is 15.8. The number of nitrogens with zero attached hydrogens (tertiary/aromatic N) is 2. The molecule has 1 aromatic heterocycles. The molecule has 3 aliphatic rings. The Balaban J connectivity index is 1.37. The highest BCUT2D eigenvalue weighted by Crippen LogP contribution is 2.47. The van der Waals surface area contributed by atoms with Crippen LogP contribution >= 0.6 is 0 Å². The number of aliphatic hydroxyl groups excluding tert-OH is 2. The maximum atomic E-state index is 13.7. The molecule has 0 radical (unpaired) electrons. The molecule has 2 unspecified atom stereocenters. The zero-order valence-corrected chi connectivity index (χ0v) is 25.2. The molecule has 3 N–H and O–H groups in total. The van der Waals surface area contributed by atoms with Crippen molar-refractivity contribution in [2.45, 2.75) is 89.0 Å². The third-order valence-corrected chi connectivity index (χ3v) is 9.35. The fraction of sp³-hybridized carbons (Fsp3) is 0.529. The molecule has 2 aliphatic heterocycles. The van der Waals surface area contributed by atoms with Crippen molar-refractivity contribution in [3.63, 3.8) is 0 Å². The SMILES string of the molecule is COc1ccc2c(c1)OCCn1c-2c(C2CCCCC2)c2ccc(C(=O)NC(CC(C)O)C(=O)N3CCC(O)CC3)cc21. The summed E-state index contributed by atoms with van der Waals surface area (Å²) in [7, 11) is 1.66. The van der Waals surface area contributed by atoms with Crippen LogP contribution in [0.2, 0.25) is 0 Å². The Labute approximate surface area is 252 Å². The lowest BCUT2D eigenvalue weighted by Gasteiger charge is -2.33. The summed E-state index contributed by atoms with van der Waals surface area (Å²) in [6, 6.07) is 11.0. The molecule has 2 atom stereocenters. The molecule has 9 heteroatoms. The second-order valence-electron chi connectivity index (χ2n) is 12.4. The lowest BCUT2D eigenvalue weighted by molar-refractivity contribution is -0.136. The summed E-state index contributed by atoms with van der Waals surface area (Å²) in [5.41, 5.74) is 4.98. The number of carbonyl (C=O) groups is 2. The number of amides is 2. The number of hydrogen-bond donors (Lipinski definition) is 3. The van der Waals surface area contributed by atoms with Crippen molar-refractivity contribution in [1.82, 2.24) is 14.8 Å². The quantitative estimate of drug-likeness (QED) is 0.371. The van der Waals surface area contributed by atoms with Gasteiger partial charge in [-0.15, -0.1) is 0 Å². The van der Waals surface area contributed by atoms with Crippen molar-refractivity contribution in [2.75, 3.05) is 26.8 Å². The van der Waals surface area contributed by atoms with E-state index < -0.39 is 18.2 Å². The van der Waals surface area contributed by atoms with E-state index in [0.29, 0.717) is 50.6 Å². The van der Waals surface area contributed by atoms with Crippen LogP contribution in [0.25, 0.3) is 22.2 Å². The Morgan fingerprint density at radius 1 is 1.05 bits per heavy atom. The van der Waals surface area contributed by atoms with Crippen LogP contribution in [0.4, 0.5) is 0 Å². The van der Waals surface area contributed by atoms with Gasteiger partial charge in [0.2, 0.25) is 5.91 Å². The number of piperidine rings is 1. The molecule has 0 spiro atoms. The average Bonchev–Trinajstić information content (AvgIpc) is 3.21. The maximum Gasteiger partial charge on any atom is 0.252 e. The van der Waals surface area contributed by atoms with Crippen molar-refractivity contribution in [1.29, 1.82) is 0 Å². The zero-order chi connectivity index (χ0) is 30.1. The van der Waals surface area contributed by atoms with E-state index in [1.807, 2.05) is 24.3 Å². The van der Waals surface area contributed by atoms with Crippen LogP contribution in [0.3, 0.4) is 0 Å². The van der Waals surface area contributed by atoms with E-state index in [4.69, 9.17) is 9.47 Å². The number of benzene rings is 2. The molecule has 2 fully saturated rings. The van der Waals surface area contributed by atoms with Crippen LogP contribution in [0.1, 0.15) is 80.1 Å². The normalized spacial score (nSPS) is 19.1. The smallest absolute Gasteiger partial charge is 0.252 e. The number of methoxy groups -OCH3 is 1. The molecule has 2 amide bonds. The van der Waals surface area contributed by atoms with Crippen molar-refractivity contribution >= 4 is 22.7 Å². The number of nitrogens with one attached hydrogen (secondary N) is 1. The van der Waals surface area contributed by atoms with Gasteiger partial charge in [0.15, 0.2) is 0 Å². The predicted octanol–water partition coefficient (Wildman–Crippen LogP) is 4.61. The summed E-state index contributed by atoms with van der Waals surface area (Å²) in [6.07, 6.45) is 5.93. The topological polar surface area (TPSA) is 113 Å².